The van der Waals surface area contributed by atoms with Crippen molar-refractivity contribution in [3.8, 4) is 0 Å². The summed E-state index contributed by atoms with van der Waals surface area (Å²) in [6.45, 7) is 14.1. The first-order valence-electron chi connectivity index (χ1n) is 8.62. The van der Waals surface area contributed by atoms with Gasteiger partial charge in [0, 0.05) is 31.7 Å². The summed E-state index contributed by atoms with van der Waals surface area (Å²) in [6, 6.07) is 0. The van der Waals surface area contributed by atoms with Crippen molar-refractivity contribution in [2.24, 2.45) is 17.8 Å². The standard InChI is InChI=1S/C17H33N3O/c1-13-8-14(2)11-20(10-13)17(3,4)12-19-16(21)15-6-5-7-18-9-15/h13-15,18H,5-12H2,1-4H3,(H,19,21). The SMILES string of the molecule is CC1CC(C)CN(C(C)(C)CNC(=O)C2CCCNC2)C1. The van der Waals surface area contributed by atoms with Crippen LogP contribution in [0.3, 0.4) is 0 Å². The number of amides is 1. The zero-order valence-corrected chi connectivity index (χ0v) is 14.2. The molecule has 21 heavy (non-hydrogen) atoms. The van der Waals surface area contributed by atoms with Gasteiger partial charge in [-0.1, -0.05) is 13.8 Å². The lowest BCUT2D eigenvalue weighted by Crippen LogP contribution is -2.57. The Morgan fingerprint density at radius 1 is 1.29 bits per heavy atom. The highest BCUT2D eigenvalue weighted by atomic mass is 16.1. The minimum Gasteiger partial charge on any atom is -0.354 e. The fourth-order valence-corrected chi connectivity index (χ4v) is 3.79. The van der Waals surface area contributed by atoms with E-state index < -0.39 is 0 Å². The maximum Gasteiger partial charge on any atom is 0.224 e. The third-order valence-corrected chi connectivity index (χ3v) is 5.09. The molecule has 4 heteroatoms. The Kier molecular flexibility index (Phi) is 5.67. The van der Waals surface area contributed by atoms with Crippen molar-refractivity contribution in [2.75, 3.05) is 32.7 Å². The van der Waals surface area contributed by atoms with Crippen molar-refractivity contribution in [2.45, 2.75) is 52.5 Å². The maximum atomic E-state index is 12.3. The van der Waals surface area contributed by atoms with E-state index in [1.54, 1.807) is 0 Å². The van der Waals surface area contributed by atoms with Crippen molar-refractivity contribution in [1.29, 1.82) is 0 Å². The number of rotatable bonds is 4. The number of carbonyl (C=O) groups excluding carboxylic acids is 1. The molecule has 2 saturated heterocycles. The van der Waals surface area contributed by atoms with Crippen LogP contribution in [-0.2, 0) is 4.79 Å². The molecule has 3 unspecified atom stereocenters. The molecular formula is C17H33N3O. The number of carbonyl (C=O) groups is 1. The number of piperidine rings is 2. The topological polar surface area (TPSA) is 44.4 Å². The van der Waals surface area contributed by atoms with Crippen LogP contribution in [0.5, 0.6) is 0 Å². The molecule has 2 aliphatic rings. The van der Waals surface area contributed by atoms with E-state index in [0.29, 0.717) is 0 Å². The second-order valence-corrected chi connectivity index (χ2v) is 7.92. The van der Waals surface area contributed by atoms with Gasteiger partial charge in [0.25, 0.3) is 0 Å². The van der Waals surface area contributed by atoms with Gasteiger partial charge in [0.15, 0.2) is 0 Å². The molecule has 0 bridgehead atoms. The summed E-state index contributed by atoms with van der Waals surface area (Å²) >= 11 is 0. The summed E-state index contributed by atoms with van der Waals surface area (Å²) in [4.78, 5) is 14.8. The van der Waals surface area contributed by atoms with E-state index in [4.69, 9.17) is 0 Å². The monoisotopic (exact) mass is 295 g/mol. The molecule has 1 amide bonds. The van der Waals surface area contributed by atoms with E-state index in [1.807, 2.05) is 0 Å². The fraction of sp³-hybridized carbons (Fsp3) is 0.941. The zero-order valence-electron chi connectivity index (χ0n) is 14.2. The van der Waals surface area contributed by atoms with Crippen LogP contribution in [0.15, 0.2) is 0 Å². The fourth-order valence-electron chi connectivity index (χ4n) is 3.79. The Morgan fingerprint density at radius 3 is 2.52 bits per heavy atom. The van der Waals surface area contributed by atoms with Crippen molar-refractivity contribution < 1.29 is 4.79 Å². The number of hydrogen-bond donors (Lipinski definition) is 2. The van der Waals surface area contributed by atoms with Crippen LogP contribution >= 0.6 is 0 Å². The van der Waals surface area contributed by atoms with Crippen molar-refractivity contribution >= 4 is 5.91 Å². The van der Waals surface area contributed by atoms with Gasteiger partial charge in [0.1, 0.15) is 0 Å². The second kappa shape index (κ2) is 7.10. The predicted molar refractivity (Wildman–Crippen MR) is 87.2 cm³/mol. The third kappa shape index (κ3) is 4.68. The minimum absolute atomic E-state index is 0.0424. The van der Waals surface area contributed by atoms with Crippen LogP contribution in [0.4, 0.5) is 0 Å². The lowest BCUT2D eigenvalue weighted by molar-refractivity contribution is -0.126. The van der Waals surface area contributed by atoms with Crippen LogP contribution in [-0.4, -0.2) is 49.1 Å². The first-order chi connectivity index (χ1) is 9.88. The summed E-state index contributed by atoms with van der Waals surface area (Å²) in [6.07, 6.45) is 3.46. The molecule has 122 valence electrons. The first-order valence-corrected chi connectivity index (χ1v) is 8.62. The Hall–Kier alpha value is -0.610. The molecule has 0 radical (unpaired) electrons. The molecule has 0 saturated carbocycles. The number of likely N-dealkylation sites (tertiary alicyclic amines) is 1. The average molecular weight is 295 g/mol. The van der Waals surface area contributed by atoms with E-state index in [-0.39, 0.29) is 17.4 Å². The normalized spacial score (nSPS) is 31.9. The molecule has 3 atom stereocenters. The highest BCUT2D eigenvalue weighted by Crippen LogP contribution is 2.27. The average Bonchev–Trinajstić information content (AvgIpc) is 2.45. The third-order valence-electron chi connectivity index (χ3n) is 5.09. The predicted octanol–water partition coefficient (Wildman–Crippen LogP) is 1.86. The molecule has 2 N–H and O–H groups in total. The Bertz CT molecular complexity index is 340. The number of nitrogens with one attached hydrogen (secondary N) is 2. The van der Waals surface area contributed by atoms with Crippen LogP contribution in [0, 0.1) is 17.8 Å². The molecular weight excluding hydrogens is 262 g/mol. The molecule has 0 aromatic carbocycles. The molecule has 0 spiro atoms. The summed E-state index contributed by atoms with van der Waals surface area (Å²) in [5.74, 6) is 1.90. The van der Waals surface area contributed by atoms with Crippen molar-refractivity contribution in [3.63, 3.8) is 0 Å². The van der Waals surface area contributed by atoms with Gasteiger partial charge in [0.05, 0.1) is 5.92 Å². The van der Waals surface area contributed by atoms with Crippen LogP contribution in [0.25, 0.3) is 0 Å². The number of nitrogens with zero attached hydrogens (tertiary/aromatic N) is 1. The van der Waals surface area contributed by atoms with E-state index >= 15 is 0 Å². The van der Waals surface area contributed by atoms with Gasteiger partial charge in [-0.3, -0.25) is 9.69 Å². The summed E-state index contributed by atoms with van der Waals surface area (Å²) in [5.41, 5.74) is 0.0424. The number of hydrogen-bond acceptors (Lipinski definition) is 3. The van der Waals surface area contributed by atoms with Gasteiger partial charge in [0.2, 0.25) is 5.91 Å². The maximum absolute atomic E-state index is 12.3. The van der Waals surface area contributed by atoms with Crippen LogP contribution in [0.1, 0.15) is 47.0 Å². The van der Waals surface area contributed by atoms with E-state index in [1.165, 1.54) is 6.42 Å². The zero-order chi connectivity index (χ0) is 15.5. The lowest BCUT2D eigenvalue weighted by atomic mass is 9.88. The van der Waals surface area contributed by atoms with Gasteiger partial charge >= 0.3 is 0 Å². The van der Waals surface area contributed by atoms with Gasteiger partial charge in [-0.25, -0.2) is 0 Å². The molecule has 2 rings (SSSR count). The van der Waals surface area contributed by atoms with Crippen LogP contribution < -0.4 is 10.6 Å². The molecule has 2 aliphatic heterocycles. The second-order valence-electron chi connectivity index (χ2n) is 7.92. The Balaban J connectivity index is 1.83. The minimum atomic E-state index is 0.0424. The van der Waals surface area contributed by atoms with E-state index in [2.05, 4.69) is 43.2 Å². The quantitative estimate of drug-likeness (QED) is 0.832. The van der Waals surface area contributed by atoms with Crippen molar-refractivity contribution in [1.82, 2.24) is 15.5 Å². The molecule has 2 fully saturated rings. The molecule has 2 heterocycles. The smallest absolute Gasteiger partial charge is 0.224 e. The highest BCUT2D eigenvalue weighted by molar-refractivity contribution is 5.79. The van der Waals surface area contributed by atoms with Gasteiger partial charge in [-0.15, -0.1) is 0 Å². The largest absolute Gasteiger partial charge is 0.354 e. The Morgan fingerprint density at radius 2 is 1.95 bits per heavy atom. The summed E-state index contributed by atoms with van der Waals surface area (Å²) in [5, 5.41) is 6.52. The molecule has 0 aromatic heterocycles. The molecule has 0 aromatic rings. The molecule has 0 aliphatic carbocycles. The highest BCUT2D eigenvalue weighted by Gasteiger charge is 2.33. The van der Waals surface area contributed by atoms with Gasteiger partial charge in [-0.05, 0) is 51.5 Å². The van der Waals surface area contributed by atoms with Crippen molar-refractivity contribution in [3.05, 3.63) is 0 Å². The lowest BCUT2D eigenvalue weighted by Gasteiger charge is -2.45. The van der Waals surface area contributed by atoms with Gasteiger partial charge in [-0.2, -0.15) is 0 Å². The van der Waals surface area contributed by atoms with Gasteiger partial charge < -0.3 is 10.6 Å². The van der Waals surface area contributed by atoms with Crippen LogP contribution in [0.2, 0.25) is 0 Å². The van der Waals surface area contributed by atoms with E-state index in [9.17, 15) is 4.79 Å². The Labute approximate surface area is 130 Å². The summed E-state index contributed by atoms with van der Waals surface area (Å²) < 4.78 is 0. The van der Waals surface area contributed by atoms with E-state index in [0.717, 1.165) is 57.4 Å². The first kappa shape index (κ1) is 16.8. The summed E-state index contributed by atoms with van der Waals surface area (Å²) in [7, 11) is 0. The molecule has 4 nitrogen and oxygen atoms in total.